The van der Waals surface area contributed by atoms with Crippen LogP contribution in [0.3, 0.4) is 0 Å². The maximum absolute atomic E-state index is 13.3. The third-order valence-electron chi connectivity index (χ3n) is 4.18. The number of hydrogen-bond donors (Lipinski definition) is 2. The van der Waals surface area contributed by atoms with Crippen molar-refractivity contribution in [1.82, 2.24) is 10.3 Å². The highest BCUT2D eigenvalue weighted by atomic mass is 79.9. The first-order chi connectivity index (χ1) is 11.4. The highest BCUT2D eigenvalue weighted by Crippen LogP contribution is 2.30. The van der Waals surface area contributed by atoms with Gasteiger partial charge in [0, 0.05) is 33.5 Å². The summed E-state index contributed by atoms with van der Waals surface area (Å²) in [7, 11) is 0. The molecule has 2 aromatic carbocycles. The first-order valence-electron chi connectivity index (χ1n) is 7.68. The molecule has 1 heterocycles. The van der Waals surface area contributed by atoms with Crippen LogP contribution in [0.4, 0.5) is 4.39 Å². The van der Waals surface area contributed by atoms with E-state index in [4.69, 9.17) is 0 Å². The van der Waals surface area contributed by atoms with E-state index in [1.165, 1.54) is 12.1 Å². The summed E-state index contributed by atoms with van der Waals surface area (Å²) in [5.41, 5.74) is 2.11. The van der Waals surface area contributed by atoms with Gasteiger partial charge in [0.2, 0.25) is 0 Å². The Morgan fingerprint density at radius 2 is 2.00 bits per heavy atom. The van der Waals surface area contributed by atoms with Gasteiger partial charge < -0.3 is 10.3 Å². The molecule has 0 saturated heterocycles. The van der Waals surface area contributed by atoms with Gasteiger partial charge in [0.05, 0.1) is 5.56 Å². The summed E-state index contributed by atoms with van der Waals surface area (Å²) >= 11 is 3.39. The second kappa shape index (κ2) is 6.40. The molecule has 0 unspecified atom stereocenters. The maximum Gasteiger partial charge on any atom is 0.252 e. The largest absolute Gasteiger partial charge is 0.361 e. The van der Waals surface area contributed by atoms with Gasteiger partial charge >= 0.3 is 0 Å². The minimum atomic E-state index is -0.299. The van der Waals surface area contributed by atoms with Crippen molar-refractivity contribution < 1.29 is 9.18 Å². The molecule has 3 rings (SSSR count). The van der Waals surface area contributed by atoms with Crippen LogP contribution in [0.5, 0.6) is 0 Å². The van der Waals surface area contributed by atoms with E-state index in [-0.39, 0.29) is 17.1 Å². The van der Waals surface area contributed by atoms with Gasteiger partial charge in [0.15, 0.2) is 0 Å². The number of rotatable bonds is 4. The summed E-state index contributed by atoms with van der Waals surface area (Å²) in [6, 6.07) is 12.0. The lowest BCUT2D eigenvalue weighted by Crippen LogP contribution is -2.36. The van der Waals surface area contributed by atoms with E-state index in [1.807, 2.05) is 24.4 Å². The van der Waals surface area contributed by atoms with Crippen LogP contribution in [-0.4, -0.2) is 17.4 Å². The number of benzene rings is 2. The van der Waals surface area contributed by atoms with E-state index in [0.29, 0.717) is 12.1 Å². The van der Waals surface area contributed by atoms with E-state index >= 15 is 0 Å². The number of hydrogen-bond acceptors (Lipinski definition) is 1. The highest BCUT2D eigenvalue weighted by Gasteiger charge is 2.25. The minimum Gasteiger partial charge on any atom is -0.361 e. The summed E-state index contributed by atoms with van der Waals surface area (Å²) in [6.07, 6.45) is 1.88. The molecule has 0 aliphatic rings. The van der Waals surface area contributed by atoms with Gasteiger partial charge in [0.25, 0.3) is 5.91 Å². The van der Waals surface area contributed by atoms with Crippen LogP contribution in [0, 0.1) is 5.82 Å². The monoisotopic (exact) mass is 388 g/mol. The molecule has 24 heavy (non-hydrogen) atoms. The Bertz CT molecular complexity index is 901. The third kappa shape index (κ3) is 3.22. The van der Waals surface area contributed by atoms with E-state index in [1.54, 1.807) is 12.1 Å². The number of H-pyrrole nitrogens is 1. The Hall–Kier alpha value is -2.14. The van der Waals surface area contributed by atoms with Gasteiger partial charge in [-0.25, -0.2) is 4.39 Å². The molecule has 0 bridgehead atoms. The van der Waals surface area contributed by atoms with Gasteiger partial charge in [-0.2, -0.15) is 0 Å². The van der Waals surface area contributed by atoms with E-state index in [2.05, 4.69) is 40.1 Å². The lowest BCUT2D eigenvalue weighted by molar-refractivity contribution is 0.0945. The van der Waals surface area contributed by atoms with Crippen LogP contribution in [0.2, 0.25) is 0 Å². The summed E-state index contributed by atoms with van der Waals surface area (Å²) < 4.78 is 14.1. The molecular formula is C19H18BrFN2O. The van der Waals surface area contributed by atoms with Crippen molar-refractivity contribution in [2.24, 2.45) is 0 Å². The predicted molar refractivity (Wildman–Crippen MR) is 97.8 cm³/mol. The molecule has 0 aliphatic heterocycles. The number of carbonyl (C=O) groups excluding carboxylic acids is 1. The molecule has 0 spiro atoms. The first kappa shape index (κ1) is 16.7. The van der Waals surface area contributed by atoms with Gasteiger partial charge in [-0.3, -0.25) is 4.79 Å². The van der Waals surface area contributed by atoms with Crippen LogP contribution in [0.1, 0.15) is 29.8 Å². The molecule has 1 aromatic heterocycles. The molecule has 124 valence electrons. The molecule has 2 N–H and O–H groups in total. The lowest BCUT2D eigenvalue weighted by atomic mass is 9.84. The van der Waals surface area contributed by atoms with E-state index < -0.39 is 0 Å². The van der Waals surface area contributed by atoms with Crippen molar-refractivity contribution in [1.29, 1.82) is 0 Å². The van der Waals surface area contributed by atoms with E-state index in [0.717, 1.165) is 20.9 Å². The van der Waals surface area contributed by atoms with Crippen LogP contribution < -0.4 is 5.32 Å². The molecular weight excluding hydrogens is 371 g/mol. The van der Waals surface area contributed by atoms with Crippen molar-refractivity contribution in [3.8, 4) is 0 Å². The zero-order chi connectivity index (χ0) is 17.3. The Morgan fingerprint density at radius 3 is 2.75 bits per heavy atom. The summed E-state index contributed by atoms with van der Waals surface area (Å²) in [6.45, 7) is 4.58. The number of amides is 1. The first-order valence-corrected chi connectivity index (χ1v) is 8.47. The van der Waals surface area contributed by atoms with Gasteiger partial charge in [-0.15, -0.1) is 0 Å². The van der Waals surface area contributed by atoms with Crippen molar-refractivity contribution in [3.05, 3.63) is 70.1 Å². The third-order valence-corrected chi connectivity index (χ3v) is 4.87. The van der Waals surface area contributed by atoms with Crippen molar-refractivity contribution in [2.45, 2.75) is 19.3 Å². The average Bonchev–Trinajstić information content (AvgIpc) is 2.97. The number of nitrogens with one attached hydrogen (secondary N) is 2. The summed E-state index contributed by atoms with van der Waals surface area (Å²) in [5.74, 6) is -0.391. The Morgan fingerprint density at radius 1 is 1.25 bits per heavy atom. The van der Waals surface area contributed by atoms with E-state index in [9.17, 15) is 9.18 Å². The fourth-order valence-electron chi connectivity index (χ4n) is 2.80. The molecule has 0 saturated carbocycles. The number of halogens is 2. The van der Waals surface area contributed by atoms with Crippen LogP contribution in [0.25, 0.3) is 10.9 Å². The van der Waals surface area contributed by atoms with Gasteiger partial charge in [-0.05, 0) is 51.8 Å². The van der Waals surface area contributed by atoms with Crippen LogP contribution >= 0.6 is 15.9 Å². The summed E-state index contributed by atoms with van der Waals surface area (Å²) in [4.78, 5) is 15.5. The molecule has 5 heteroatoms. The zero-order valence-electron chi connectivity index (χ0n) is 13.5. The van der Waals surface area contributed by atoms with Crippen molar-refractivity contribution in [3.63, 3.8) is 0 Å². The van der Waals surface area contributed by atoms with Gasteiger partial charge in [0.1, 0.15) is 5.82 Å². The second-order valence-electron chi connectivity index (χ2n) is 6.44. The fraction of sp³-hybridized carbons (Fsp3) is 0.211. The molecule has 0 radical (unpaired) electrons. The van der Waals surface area contributed by atoms with Crippen molar-refractivity contribution in [2.75, 3.05) is 6.54 Å². The average molecular weight is 389 g/mol. The fourth-order valence-corrected chi connectivity index (χ4v) is 3.26. The number of fused-ring (bicyclic) bond motifs is 1. The normalized spacial score (nSPS) is 11.7. The molecule has 0 atom stereocenters. The topological polar surface area (TPSA) is 44.9 Å². The zero-order valence-corrected chi connectivity index (χ0v) is 15.1. The Kier molecular flexibility index (Phi) is 4.45. The molecule has 0 fully saturated rings. The number of aromatic amines is 1. The SMILES string of the molecule is CC(C)(CNC(=O)c1ccccc1Br)c1c[nH]c2cc(F)ccc12. The second-order valence-corrected chi connectivity index (χ2v) is 7.29. The highest BCUT2D eigenvalue weighted by molar-refractivity contribution is 9.10. The van der Waals surface area contributed by atoms with Crippen LogP contribution in [0.15, 0.2) is 53.1 Å². The van der Waals surface area contributed by atoms with Crippen molar-refractivity contribution >= 4 is 32.7 Å². The molecule has 1 amide bonds. The molecule has 3 nitrogen and oxygen atoms in total. The molecule has 0 aliphatic carbocycles. The lowest BCUT2D eigenvalue weighted by Gasteiger charge is -2.25. The Balaban J connectivity index is 1.80. The molecule has 3 aromatic rings. The Labute approximate surface area is 148 Å². The van der Waals surface area contributed by atoms with Crippen LogP contribution in [-0.2, 0) is 5.41 Å². The standard InChI is InChI=1S/C19H18BrFN2O/c1-19(2,11-23-18(24)14-5-3-4-6-16(14)20)15-10-22-17-9-12(21)7-8-13(15)17/h3-10,22H,11H2,1-2H3,(H,23,24). The number of aromatic nitrogens is 1. The quantitative estimate of drug-likeness (QED) is 0.663. The minimum absolute atomic E-state index is 0.124. The van der Waals surface area contributed by atoms with Gasteiger partial charge in [-0.1, -0.05) is 26.0 Å². The predicted octanol–water partition coefficient (Wildman–Crippen LogP) is 4.78. The number of carbonyl (C=O) groups is 1. The summed E-state index contributed by atoms with van der Waals surface area (Å²) in [5, 5.41) is 3.96. The maximum atomic E-state index is 13.3. The smallest absolute Gasteiger partial charge is 0.252 e.